The van der Waals surface area contributed by atoms with Gasteiger partial charge in [-0.3, -0.25) is 5.01 Å². The molecule has 1 saturated heterocycles. The lowest BCUT2D eigenvalue weighted by atomic mass is 10.2. The number of hydrogen-bond acceptors (Lipinski definition) is 3. The predicted octanol–water partition coefficient (Wildman–Crippen LogP) is 1.93. The summed E-state index contributed by atoms with van der Waals surface area (Å²) in [6, 6.07) is 10.3. The minimum Gasteiger partial charge on any atom is -0.303 e. The summed E-state index contributed by atoms with van der Waals surface area (Å²) >= 11 is 0. The Labute approximate surface area is 103 Å². The van der Waals surface area contributed by atoms with Crippen LogP contribution in [0.15, 0.2) is 41.5 Å². The molecule has 0 amide bonds. The molecule has 0 aromatic heterocycles. The maximum Gasteiger partial charge on any atom is 0.0488 e. The fraction of sp³-hybridized carbons (Fsp3) is 0.357. The normalized spacial score (nSPS) is 18.3. The molecule has 1 aromatic rings. The van der Waals surface area contributed by atoms with Crippen molar-refractivity contribution in [1.29, 1.82) is 0 Å². The summed E-state index contributed by atoms with van der Waals surface area (Å²) in [4.78, 5) is 2.33. The van der Waals surface area contributed by atoms with Gasteiger partial charge in [-0.1, -0.05) is 36.4 Å². The molecule has 2 rings (SSSR count). The Bertz CT molecular complexity index is 376. The molecule has 1 aromatic carbocycles. The van der Waals surface area contributed by atoms with Crippen LogP contribution in [0.5, 0.6) is 0 Å². The second-order valence-corrected chi connectivity index (χ2v) is 4.29. The highest BCUT2D eigenvalue weighted by atomic mass is 15.5. The summed E-state index contributed by atoms with van der Waals surface area (Å²) in [5.74, 6) is 0. The number of nitrogens with zero attached hydrogens (tertiary/aromatic N) is 3. The summed E-state index contributed by atoms with van der Waals surface area (Å²) in [7, 11) is 2.15. The van der Waals surface area contributed by atoms with Gasteiger partial charge in [0.1, 0.15) is 0 Å². The molecular formula is C14H19N3. The molecule has 0 radical (unpaired) electrons. The summed E-state index contributed by atoms with van der Waals surface area (Å²) in [6.45, 7) is 4.23. The number of hydrogen-bond donors (Lipinski definition) is 0. The Morgan fingerprint density at radius 2 is 1.76 bits per heavy atom. The Balaban J connectivity index is 1.80. The van der Waals surface area contributed by atoms with Gasteiger partial charge in [0.25, 0.3) is 0 Å². The Kier molecular flexibility index (Phi) is 4.33. The number of allylic oxidation sites excluding steroid dienone is 1. The van der Waals surface area contributed by atoms with Gasteiger partial charge < -0.3 is 4.90 Å². The summed E-state index contributed by atoms with van der Waals surface area (Å²) < 4.78 is 0. The van der Waals surface area contributed by atoms with Crippen LogP contribution in [-0.4, -0.2) is 49.4 Å². The zero-order valence-corrected chi connectivity index (χ0v) is 10.3. The van der Waals surface area contributed by atoms with E-state index in [4.69, 9.17) is 0 Å². The molecule has 0 N–H and O–H groups in total. The van der Waals surface area contributed by atoms with E-state index in [-0.39, 0.29) is 0 Å². The zero-order chi connectivity index (χ0) is 11.9. The van der Waals surface area contributed by atoms with Crippen LogP contribution >= 0.6 is 0 Å². The smallest absolute Gasteiger partial charge is 0.0488 e. The van der Waals surface area contributed by atoms with Crippen molar-refractivity contribution in [3.8, 4) is 0 Å². The number of rotatable bonds is 3. The van der Waals surface area contributed by atoms with E-state index in [0.717, 1.165) is 26.2 Å². The van der Waals surface area contributed by atoms with Gasteiger partial charge >= 0.3 is 0 Å². The first-order valence-corrected chi connectivity index (χ1v) is 6.04. The molecule has 0 bridgehead atoms. The lowest BCUT2D eigenvalue weighted by molar-refractivity contribution is 0.160. The van der Waals surface area contributed by atoms with E-state index >= 15 is 0 Å². The molecule has 1 aliphatic heterocycles. The summed E-state index contributed by atoms with van der Waals surface area (Å²) in [5, 5.41) is 6.55. The van der Waals surface area contributed by atoms with Crippen LogP contribution in [0, 0.1) is 0 Å². The van der Waals surface area contributed by atoms with Gasteiger partial charge in [-0.05, 0) is 18.7 Å². The van der Waals surface area contributed by atoms with Crippen LogP contribution in [0.4, 0.5) is 0 Å². The topological polar surface area (TPSA) is 18.8 Å². The van der Waals surface area contributed by atoms with Crippen molar-refractivity contribution in [2.24, 2.45) is 5.10 Å². The largest absolute Gasteiger partial charge is 0.303 e. The quantitative estimate of drug-likeness (QED) is 0.738. The second-order valence-electron chi connectivity index (χ2n) is 4.29. The Hall–Kier alpha value is -1.61. The van der Waals surface area contributed by atoms with Crippen molar-refractivity contribution in [2.45, 2.75) is 0 Å². The van der Waals surface area contributed by atoms with Gasteiger partial charge in [0.2, 0.25) is 0 Å². The van der Waals surface area contributed by atoms with E-state index < -0.39 is 0 Å². The fourth-order valence-corrected chi connectivity index (χ4v) is 1.76. The van der Waals surface area contributed by atoms with E-state index in [1.165, 1.54) is 5.56 Å². The lowest BCUT2D eigenvalue weighted by Gasteiger charge is -2.30. The lowest BCUT2D eigenvalue weighted by Crippen LogP contribution is -2.41. The molecule has 0 atom stereocenters. The van der Waals surface area contributed by atoms with E-state index in [2.05, 4.69) is 40.3 Å². The average molecular weight is 229 g/mol. The van der Waals surface area contributed by atoms with Gasteiger partial charge in [0.05, 0.1) is 0 Å². The van der Waals surface area contributed by atoms with Crippen molar-refractivity contribution in [1.82, 2.24) is 9.91 Å². The van der Waals surface area contributed by atoms with E-state index in [1.54, 1.807) is 0 Å². The van der Waals surface area contributed by atoms with Crippen LogP contribution in [0.2, 0.25) is 0 Å². The van der Waals surface area contributed by atoms with Crippen LogP contribution in [-0.2, 0) is 0 Å². The highest BCUT2D eigenvalue weighted by molar-refractivity contribution is 5.77. The predicted molar refractivity (Wildman–Crippen MR) is 73.0 cm³/mol. The van der Waals surface area contributed by atoms with Gasteiger partial charge in [-0.15, -0.1) is 0 Å². The molecular weight excluding hydrogens is 210 g/mol. The molecule has 17 heavy (non-hydrogen) atoms. The van der Waals surface area contributed by atoms with Crippen LogP contribution < -0.4 is 0 Å². The van der Waals surface area contributed by atoms with Crippen molar-refractivity contribution in [3.63, 3.8) is 0 Å². The number of piperazine rings is 1. The Morgan fingerprint density at radius 1 is 1.06 bits per heavy atom. The highest BCUT2D eigenvalue weighted by Crippen LogP contribution is 2.01. The summed E-state index contributed by atoms with van der Waals surface area (Å²) in [5.41, 5.74) is 1.21. The molecule has 0 unspecified atom stereocenters. The first-order chi connectivity index (χ1) is 8.34. The van der Waals surface area contributed by atoms with Crippen molar-refractivity contribution in [3.05, 3.63) is 42.0 Å². The summed E-state index contributed by atoms with van der Waals surface area (Å²) in [6.07, 6.45) is 5.94. The molecule has 0 aliphatic carbocycles. The van der Waals surface area contributed by atoms with Crippen LogP contribution in [0.25, 0.3) is 6.08 Å². The van der Waals surface area contributed by atoms with Crippen LogP contribution in [0.3, 0.4) is 0 Å². The number of hydrazone groups is 1. The molecule has 0 spiro atoms. The molecule has 3 nitrogen and oxygen atoms in total. The SMILES string of the molecule is CN1CCN(N=CC=Cc2ccccc2)CC1. The standard InChI is InChI=1S/C14H19N3/c1-16-10-12-17(13-11-16)15-9-5-8-14-6-3-2-4-7-14/h2-9H,10-13H2,1H3. The molecule has 1 aliphatic rings. The first-order valence-electron chi connectivity index (χ1n) is 6.04. The van der Waals surface area contributed by atoms with Crippen molar-refractivity contribution in [2.75, 3.05) is 33.2 Å². The monoisotopic (exact) mass is 229 g/mol. The minimum absolute atomic E-state index is 1.02. The molecule has 1 heterocycles. The third-order valence-electron chi connectivity index (χ3n) is 2.88. The first kappa shape index (κ1) is 11.9. The zero-order valence-electron chi connectivity index (χ0n) is 10.3. The second kappa shape index (κ2) is 6.21. The van der Waals surface area contributed by atoms with E-state index in [0.29, 0.717) is 0 Å². The van der Waals surface area contributed by atoms with E-state index in [1.807, 2.05) is 30.5 Å². The number of likely N-dealkylation sites (N-methyl/N-ethyl adjacent to an activating group) is 1. The molecule has 0 saturated carbocycles. The molecule has 3 heteroatoms. The fourth-order valence-electron chi connectivity index (χ4n) is 1.76. The van der Waals surface area contributed by atoms with E-state index in [9.17, 15) is 0 Å². The molecule has 1 fully saturated rings. The third kappa shape index (κ3) is 4.04. The third-order valence-corrected chi connectivity index (χ3v) is 2.88. The van der Waals surface area contributed by atoms with Gasteiger partial charge in [-0.2, -0.15) is 5.10 Å². The average Bonchev–Trinajstić information content (AvgIpc) is 2.38. The number of benzene rings is 1. The maximum absolute atomic E-state index is 4.43. The van der Waals surface area contributed by atoms with Gasteiger partial charge in [0.15, 0.2) is 0 Å². The van der Waals surface area contributed by atoms with Gasteiger partial charge in [0, 0.05) is 32.4 Å². The highest BCUT2D eigenvalue weighted by Gasteiger charge is 2.10. The van der Waals surface area contributed by atoms with Crippen molar-refractivity contribution < 1.29 is 0 Å². The van der Waals surface area contributed by atoms with Crippen molar-refractivity contribution >= 4 is 12.3 Å². The Morgan fingerprint density at radius 3 is 2.47 bits per heavy atom. The van der Waals surface area contributed by atoms with Gasteiger partial charge in [-0.25, -0.2) is 0 Å². The van der Waals surface area contributed by atoms with Crippen LogP contribution in [0.1, 0.15) is 5.56 Å². The maximum atomic E-state index is 4.43. The molecule has 90 valence electrons. The minimum atomic E-state index is 1.02.